The van der Waals surface area contributed by atoms with Crippen LogP contribution in [-0.2, 0) is 4.79 Å². The summed E-state index contributed by atoms with van der Waals surface area (Å²) in [5, 5.41) is 1.88. The van der Waals surface area contributed by atoms with Crippen LogP contribution in [0.5, 0.6) is 0 Å². The van der Waals surface area contributed by atoms with Gasteiger partial charge in [0.15, 0.2) is 0 Å². The zero-order chi connectivity index (χ0) is 11.1. The molecule has 0 aliphatic carbocycles. The summed E-state index contributed by atoms with van der Waals surface area (Å²) in [7, 11) is 0. The molecule has 0 unspecified atom stereocenters. The van der Waals surface area contributed by atoms with Gasteiger partial charge in [-0.15, -0.1) is 0 Å². The number of carbonyl (C=O) groups is 1. The van der Waals surface area contributed by atoms with E-state index in [-0.39, 0.29) is 11.3 Å². The van der Waals surface area contributed by atoms with Crippen molar-refractivity contribution in [3.05, 3.63) is 28.7 Å². The van der Waals surface area contributed by atoms with Crippen molar-refractivity contribution < 1.29 is 4.79 Å². The van der Waals surface area contributed by atoms with Crippen LogP contribution in [-0.4, -0.2) is 12.5 Å². The largest absolute Gasteiger partial charge is 0.284 e. The number of nitrogens with zero attached hydrogens (tertiary/aromatic N) is 1. The molecule has 1 fully saturated rings. The highest BCUT2D eigenvalue weighted by molar-refractivity contribution is 9.10. The van der Waals surface area contributed by atoms with Crippen LogP contribution in [0.4, 0.5) is 5.69 Å². The maximum absolute atomic E-state index is 11.6. The molecular weight excluding hydrogens is 256 g/mol. The van der Waals surface area contributed by atoms with E-state index in [2.05, 4.69) is 21.4 Å². The van der Waals surface area contributed by atoms with Gasteiger partial charge in [0.25, 0.3) is 0 Å². The van der Waals surface area contributed by atoms with E-state index in [1.165, 1.54) is 0 Å². The van der Waals surface area contributed by atoms with Crippen LogP contribution in [0.25, 0.3) is 0 Å². The second-order valence-electron chi connectivity index (χ2n) is 4.39. The van der Waals surface area contributed by atoms with E-state index >= 15 is 0 Å². The number of nitrogens with one attached hydrogen (secondary N) is 1. The van der Waals surface area contributed by atoms with Gasteiger partial charge in [-0.25, -0.2) is 0 Å². The minimum Gasteiger partial charge on any atom is -0.284 e. The van der Waals surface area contributed by atoms with Crippen molar-refractivity contribution in [1.29, 1.82) is 0 Å². The van der Waals surface area contributed by atoms with Crippen molar-refractivity contribution in [2.45, 2.75) is 13.8 Å². The van der Waals surface area contributed by atoms with Gasteiger partial charge in [0.1, 0.15) is 0 Å². The summed E-state index contributed by atoms with van der Waals surface area (Å²) in [6.07, 6.45) is 0. The predicted octanol–water partition coefficient (Wildman–Crippen LogP) is 2.33. The quantitative estimate of drug-likeness (QED) is 0.848. The molecular formula is C11H13BrN2O. The Morgan fingerprint density at radius 3 is 2.73 bits per heavy atom. The maximum atomic E-state index is 11.6. The molecule has 0 saturated carbocycles. The van der Waals surface area contributed by atoms with E-state index in [1.54, 1.807) is 0 Å². The normalized spacial score (nSPS) is 19.1. The smallest absolute Gasteiger partial charge is 0.246 e. The van der Waals surface area contributed by atoms with Crippen LogP contribution >= 0.6 is 15.9 Å². The average Bonchev–Trinajstić information content (AvgIpc) is 2.42. The molecule has 1 aliphatic heterocycles. The second kappa shape index (κ2) is 3.52. The molecule has 2 rings (SSSR count). The van der Waals surface area contributed by atoms with Crippen LogP contribution in [0.15, 0.2) is 28.7 Å². The van der Waals surface area contributed by atoms with Crippen LogP contribution < -0.4 is 10.4 Å². The molecule has 3 nitrogen and oxygen atoms in total. The van der Waals surface area contributed by atoms with Gasteiger partial charge in [0.2, 0.25) is 5.91 Å². The summed E-state index contributed by atoms with van der Waals surface area (Å²) >= 11 is 3.41. The van der Waals surface area contributed by atoms with Crippen LogP contribution in [0, 0.1) is 5.41 Å². The molecule has 1 N–H and O–H groups in total. The Morgan fingerprint density at radius 1 is 1.47 bits per heavy atom. The summed E-state index contributed by atoms with van der Waals surface area (Å²) in [5.74, 6) is 0.0717. The summed E-state index contributed by atoms with van der Waals surface area (Å²) in [4.78, 5) is 11.6. The van der Waals surface area contributed by atoms with Gasteiger partial charge in [0, 0.05) is 4.47 Å². The molecule has 1 aromatic carbocycles. The minimum absolute atomic E-state index is 0.0717. The zero-order valence-corrected chi connectivity index (χ0v) is 10.3. The lowest BCUT2D eigenvalue weighted by Crippen LogP contribution is -2.33. The third-order valence-corrected chi connectivity index (χ3v) is 3.02. The van der Waals surface area contributed by atoms with Gasteiger partial charge in [-0.2, -0.15) is 0 Å². The molecule has 0 atom stereocenters. The summed E-state index contributed by atoms with van der Waals surface area (Å²) in [6, 6.07) is 7.89. The van der Waals surface area contributed by atoms with Gasteiger partial charge < -0.3 is 0 Å². The molecule has 1 aliphatic rings. The summed E-state index contributed by atoms with van der Waals surface area (Å²) in [5.41, 5.74) is 3.55. The number of rotatable bonds is 1. The number of hydrazine groups is 1. The van der Waals surface area contributed by atoms with E-state index in [9.17, 15) is 4.79 Å². The number of carbonyl (C=O) groups excluding carboxylic acids is 1. The number of benzene rings is 1. The van der Waals surface area contributed by atoms with Crippen molar-refractivity contribution in [3.63, 3.8) is 0 Å². The van der Waals surface area contributed by atoms with Crippen molar-refractivity contribution in [2.75, 3.05) is 11.6 Å². The van der Waals surface area contributed by atoms with E-state index in [0.29, 0.717) is 6.54 Å². The van der Waals surface area contributed by atoms with Crippen molar-refractivity contribution >= 4 is 27.5 Å². The van der Waals surface area contributed by atoms with E-state index in [1.807, 2.05) is 43.1 Å². The first-order chi connectivity index (χ1) is 6.99. The number of anilines is 1. The fourth-order valence-corrected chi connectivity index (χ4v) is 1.97. The summed E-state index contributed by atoms with van der Waals surface area (Å²) in [6.45, 7) is 4.59. The zero-order valence-electron chi connectivity index (χ0n) is 8.75. The highest BCUT2D eigenvalue weighted by Gasteiger charge is 2.37. The SMILES string of the molecule is CC1(C)CN(c2cccc(Br)c2)NC1=O. The fraction of sp³-hybridized carbons (Fsp3) is 0.364. The summed E-state index contributed by atoms with van der Waals surface area (Å²) < 4.78 is 1.01. The molecule has 1 aromatic rings. The first-order valence-corrected chi connectivity index (χ1v) is 5.62. The van der Waals surface area contributed by atoms with Crippen LogP contribution in [0.2, 0.25) is 0 Å². The van der Waals surface area contributed by atoms with Crippen LogP contribution in [0.1, 0.15) is 13.8 Å². The molecule has 15 heavy (non-hydrogen) atoms. The van der Waals surface area contributed by atoms with Crippen LogP contribution in [0.3, 0.4) is 0 Å². The topological polar surface area (TPSA) is 32.3 Å². The lowest BCUT2D eigenvalue weighted by atomic mass is 9.94. The third kappa shape index (κ3) is 2.00. The second-order valence-corrected chi connectivity index (χ2v) is 5.31. The average molecular weight is 269 g/mol. The first kappa shape index (κ1) is 10.5. The van der Waals surface area contributed by atoms with Gasteiger partial charge in [0.05, 0.1) is 17.6 Å². The highest BCUT2D eigenvalue weighted by Crippen LogP contribution is 2.28. The number of amides is 1. The third-order valence-electron chi connectivity index (χ3n) is 2.52. The van der Waals surface area contributed by atoms with Gasteiger partial charge in [-0.05, 0) is 32.0 Å². The molecule has 0 spiro atoms. The van der Waals surface area contributed by atoms with Crippen molar-refractivity contribution in [2.24, 2.45) is 5.41 Å². The number of hydrogen-bond donors (Lipinski definition) is 1. The Balaban J connectivity index is 2.25. The minimum atomic E-state index is -0.317. The first-order valence-electron chi connectivity index (χ1n) is 4.83. The van der Waals surface area contributed by atoms with E-state index < -0.39 is 0 Å². The maximum Gasteiger partial charge on any atom is 0.246 e. The lowest BCUT2D eigenvalue weighted by Gasteiger charge is -2.18. The monoisotopic (exact) mass is 268 g/mol. The predicted molar refractivity (Wildman–Crippen MR) is 63.4 cm³/mol. The Hall–Kier alpha value is -1.03. The highest BCUT2D eigenvalue weighted by atomic mass is 79.9. The van der Waals surface area contributed by atoms with Crippen molar-refractivity contribution in [1.82, 2.24) is 5.43 Å². The molecule has 0 bridgehead atoms. The van der Waals surface area contributed by atoms with Gasteiger partial charge >= 0.3 is 0 Å². The van der Waals surface area contributed by atoms with Gasteiger partial charge in [-0.1, -0.05) is 22.0 Å². The molecule has 1 amide bonds. The Bertz CT molecular complexity index is 403. The molecule has 0 radical (unpaired) electrons. The molecule has 80 valence electrons. The molecule has 1 heterocycles. The molecule has 4 heteroatoms. The Kier molecular flexibility index (Phi) is 2.46. The number of halogens is 1. The Labute approximate surface area is 97.6 Å². The van der Waals surface area contributed by atoms with Crippen molar-refractivity contribution in [3.8, 4) is 0 Å². The molecule has 1 saturated heterocycles. The Morgan fingerprint density at radius 2 is 2.20 bits per heavy atom. The van der Waals surface area contributed by atoms with E-state index in [0.717, 1.165) is 10.2 Å². The lowest BCUT2D eigenvalue weighted by molar-refractivity contribution is -0.125. The van der Waals surface area contributed by atoms with E-state index in [4.69, 9.17) is 0 Å². The molecule has 0 aromatic heterocycles. The fourth-order valence-electron chi connectivity index (χ4n) is 1.58. The standard InChI is InChI=1S/C11H13BrN2O/c1-11(2)7-14(13-10(11)15)9-5-3-4-8(12)6-9/h3-6H,7H2,1-2H3,(H,13,15). The number of hydrogen-bond acceptors (Lipinski definition) is 2. The van der Waals surface area contributed by atoms with Gasteiger partial charge in [-0.3, -0.25) is 15.2 Å².